The Kier molecular flexibility index (Phi) is 4.26. The Balaban J connectivity index is 1.65. The van der Waals surface area contributed by atoms with Crippen molar-refractivity contribution in [1.82, 2.24) is 19.7 Å². The van der Waals surface area contributed by atoms with Crippen LogP contribution in [0.2, 0.25) is 0 Å². The van der Waals surface area contributed by atoms with E-state index in [1.165, 1.54) is 36.0 Å². The van der Waals surface area contributed by atoms with E-state index in [4.69, 9.17) is 9.97 Å². The van der Waals surface area contributed by atoms with Gasteiger partial charge in [-0.2, -0.15) is 10.1 Å². The third-order valence-corrected chi connectivity index (χ3v) is 5.72. The molecule has 0 spiro atoms. The molecule has 0 bridgehead atoms. The fourth-order valence-electron chi connectivity index (χ4n) is 4.28. The molecule has 144 valence electrons. The zero-order chi connectivity index (χ0) is 19.1. The van der Waals surface area contributed by atoms with Crippen molar-refractivity contribution in [3.05, 3.63) is 47.7 Å². The number of nitrogens with zero attached hydrogens (tertiary/aromatic N) is 6. The minimum Gasteiger partial charge on any atom is -0.341 e. The van der Waals surface area contributed by atoms with E-state index in [9.17, 15) is 0 Å². The molecule has 0 amide bonds. The molecule has 5 rings (SSSR count). The zero-order valence-electron chi connectivity index (χ0n) is 16.6. The molecule has 2 aliphatic heterocycles. The summed E-state index contributed by atoms with van der Waals surface area (Å²) in [5.74, 6) is 2.84. The topological polar surface area (TPSA) is 50.1 Å². The lowest BCUT2D eigenvalue weighted by Crippen LogP contribution is -2.31. The smallest absolute Gasteiger partial charge is 0.227 e. The van der Waals surface area contributed by atoms with Gasteiger partial charge in [0.05, 0.1) is 5.69 Å². The van der Waals surface area contributed by atoms with Crippen LogP contribution in [-0.2, 0) is 13.5 Å². The minimum absolute atomic E-state index is 0.859. The summed E-state index contributed by atoms with van der Waals surface area (Å²) in [6.07, 6.45) is 6.65. The van der Waals surface area contributed by atoms with Gasteiger partial charge in [0.1, 0.15) is 5.82 Å². The first kappa shape index (κ1) is 17.2. The van der Waals surface area contributed by atoms with Gasteiger partial charge in [0.25, 0.3) is 0 Å². The van der Waals surface area contributed by atoms with Crippen LogP contribution in [0.1, 0.15) is 30.4 Å². The molecule has 0 saturated carbocycles. The van der Waals surface area contributed by atoms with Crippen molar-refractivity contribution in [2.45, 2.75) is 32.6 Å². The molecule has 0 N–H and O–H groups in total. The molecule has 28 heavy (non-hydrogen) atoms. The van der Waals surface area contributed by atoms with Crippen LogP contribution in [0.5, 0.6) is 0 Å². The molecule has 6 nitrogen and oxygen atoms in total. The Morgan fingerprint density at radius 2 is 1.82 bits per heavy atom. The number of hydrogen-bond donors (Lipinski definition) is 0. The van der Waals surface area contributed by atoms with E-state index in [0.29, 0.717) is 0 Å². The SMILES string of the molecule is Cc1cccc(-c2nc(N3CCCCC3)nc3c2CCN3c2ccn(C)n2)c1. The molecule has 2 aromatic heterocycles. The lowest BCUT2D eigenvalue weighted by Gasteiger charge is -2.28. The Morgan fingerprint density at radius 1 is 0.964 bits per heavy atom. The number of aromatic nitrogens is 4. The van der Waals surface area contributed by atoms with Gasteiger partial charge in [0.15, 0.2) is 5.82 Å². The highest BCUT2D eigenvalue weighted by Crippen LogP contribution is 2.39. The van der Waals surface area contributed by atoms with Gasteiger partial charge in [0, 0.05) is 50.1 Å². The molecule has 0 atom stereocenters. The molecule has 4 heterocycles. The normalized spacial score (nSPS) is 16.5. The van der Waals surface area contributed by atoms with E-state index >= 15 is 0 Å². The van der Waals surface area contributed by atoms with E-state index in [0.717, 1.165) is 49.3 Å². The first-order chi connectivity index (χ1) is 13.7. The molecule has 1 fully saturated rings. The molecular weight excluding hydrogens is 348 g/mol. The Bertz CT molecular complexity index is 1000. The minimum atomic E-state index is 0.859. The van der Waals surface area contributed by atoms with Crippen molar-refractivity contribution in [1.29, 1.82) is 0 Å². The van der Waals surface area contributed by atoms with Crippen LogP contribution in [-0.4, -0.2) is 39.4 Å². The van der Waals surface area contributed by atoms with Gasteiger partial charge in [-0.1, -0.05) is 23.8 Å². The van der Waals surface area contributed by atoms with Crippen molar-refractivity contribution in [3.8, 4) is 11.3 Å². The summed E-state index contributed by atoms with van der Waals surface area (Å²) >= 11 is 0. The summed E-state index contributed by atoms with van der Waals surface area (Å²) < 4.78 is 1.85. The second kappa shape index (κ2) is 6.93. The lowest BCUT2D eigenvalue weighted by molar-refractivity contribution is 0.568. The maximum absolute atomic E-state index is 5.08. The van der Waals surface area contributed by atoms with E-state index in [-0.39, 0.29) is 0 Å². The molecule has 1 aromatic carbocycles. The largest absolute Gasteiger partial charge is 0.341 e. The van der Waals surface area contributed by atoms with Gasteiger partial charge in [-0.25, -0.2) is 4.98 Å². The third-order valence-electron chi connectivity index (χ3n) is 5.72. The highest BCUT2D eigenvalue weighted by atomic mass is 15.4. The van der Waals surface area contributed by atoms with Crippen LogP contribution < -0.4 is 9.80 Å². The van der Waals surface area contributed by atoms with Crippen LogP contribution in [0, 0.1) is 6.92 Å². The van der Waals surface area contributed by atoms with E-state index < -0.39 is 0 Å². The van der Waals surface area contributed by atoms with E-state index in [1.807, 2.05) is 17.9 Å². The molecule has 1 saturated heterocycles. The van der Waals surface area contributed by atoms with Crippen molar-refractivity contribution in [3.63, 3.8) is 0 Å². The lowest BCUT2D eigenvalue weighted by atomic mass is 10.0. The van der Waals surface area contributed by atoms with Crippen LogP contribution in [0.3, 0.4) is 0 Å². The van der Waals surface area contributed by atoms with E-state index in [1.54, 1.807) is 0 Å². The highest BCUT2D eigenvalue weighted by Gasteiger charge is 2.29. The quantitative estimate of drug-likeness (QED) is 0.697. The number of rotatable bonds is 3. The molecule has 0 radical (unpaired) electrons. The summed E-state index contributed by atoms with van der Waals surface area (Å²) in [4.78, 5) is 14.7. The van der Waals surface area contributed by atoms with E-state index in [2.05, 4.69) is 52.2 Å². The molecule has 0 aliphatic carbocycles. The van der Waals surface area contributed by atoms with Gasteiger partial charge < -0.3 is 9.80 Å². The molecule has 6 heteroatoms. The standard InChI is InChI=1S/C22H26N6/c1-16-7-6-8-17(15-16)20-18-9-14-28(19-10-13-26(2)25-19)21(18)24-22(23-20)27-11-4-3-5-12-27/h6-8,10,13,15H,3-5,9,11-12,14H2,1-2H3. The first-order valence-electron chi connectivity index (χ1n) is 10.2. The van der Waals surface area contributed by atoms with Crippen LogP contribution in [0.4, 0.5) is 17.6 Å². The molecule has 2 aliphatic rings. The van der Waals surface area contributed by atoms with Crippen molar-refractivity contribution in [2.75, 3.05) is 29.4 Å². The number of piperidine rings is 1. The summed E-state index contributed by atoms with van der Waals surface area (Å²) in [5, 5.41) is 4.62. The number of aryl methyl sites for hydroxylation is 2. The number of hydrogen-bond acceptors (Lipinski definition) is 5. The number of benzene rings is 1. The Morgan fingerprint density at radius 3 is 2.57 bits per heavy atom. The highest BCUT2D eigenvalue weighted by molar-refractivity contribution is 5.76. The van der Waals surface area contributed by atoms with Crippen molar-refractivity contribution < 1.29 is 0 Å². The molecule has 0 unspecified atom stereocenters. The van der Waals surface area contributed by atoms with Gasteiger partial charge in [-0.15, -0.1) is 0 Å². The van der Waals surface area contributed by atoms with Crippen LogP contribution >= 0.6 is 0 Å². The van der Waals surface area contributed by atoms with Crippen molar-refractivity contribution >= 4 is 17.6 Å². The maximum atomic E-state index is 5.08. The van der Waals surface area contributed by atoms with Gasteiger partial charge in [-0.05, 0) is 38.7 Å². The van der Waals surface area contributed by atoms with Crippen molar-refractivity contribution in [2.24, 2.45) is 7.05 Å². The summed E-state index contributed by atoms with van der Waals surface area (Å²) in [5.41, 5.74) is 4.74. The van der Waals surface area contributed by atoms with Crippen LogP contribution in [0.25, 0.3) is 11.3 Å². The zero-order valence-corrected chi connectivity index (χ0v) is 16.6. The number of anilines is 3. The first-order valence-corrected chi connectivity index (χ1v) is 10.2. The van der Waals surface area contributed by atoms with Crippen LogP contribution in [0.15, 0.2) is 36.5 Å². The van der Waals surface area contributed by atoms with Gasteiger partial charge in [-0.3, -0.25) is 4.68 Å². The molecular formula is C22H26N6. The number of fused-ring (bicyclic) bond motifs is 1. The summed E-state index contributed by atoms with van der Waals surface area (Å²) in [7, 11) is 1.96. The second-order valence-corrected chi connectivity index (χ2v) is 7.84. The third kappa shape index (κ3) is 3.03. The Hall–Kier alpha value is -2.89. The molecule has 3 aromatic rings. The predicted molar refractivity (Wildman–Crippen MR) is 112 cm³/mol. The second-order valence-electron chi connectivity index (χ2n) is 7.84. The summed E-state index contributed by atoms with van der Waals surface area (Å²) in [6.45, 7) is 5.10. The summed E-state index contributed by atoms with van der Waals surface area (Å²) in [6, 6.07) is 10.7. The average molecular weight is 374 g/mol. The fraction of sp³-hybridized carbons (Fsp3) is 0.409. The fourth-order valence-corrected chi connectivity index (χ4v) is 4.28. The van der Waals surface area contributed by atoms with Gasteiger partial charge >= 0.3 is 0 Å². The average Bonchev–Trinajstić information content (AvgIpc) is 3.34. The Labute approximate surface area is 165 Å². The van der Waals surface area contributed by atoms with Gasteiger partial charge in [0.2, 0.25) is 5.95 Å². The predicted octanol–water partition coefficient (Wildman–Crippen LogP) is 3.87. The maximum Gasteiger partial charge on any atom is 0.227 e. The monoisotopic (exact) mass is 374 g/mol.